The standard InChI is InChI=1S/C25H29FN8O/c1-14(2)17-10-21(33-32-17)30-22-16-11-25(7-8-25)12-18(16)29-24(31-22)34-9-3-4-19(34)23(35)28-15-5-6-20(26)27-13-15/h5-6,10,13-14,19H,3-4,7-9,11-12H2,1-2H3,(H,28,35)(H2,29,30,31,32,33)/t19-/m0/s1. The molecule has 3 aromatic rings. The molecule has 2 fully saturated rings. The molecule has 35 heavy (non-hydrogen) atoms. The molecular weight excluding hydrogens is 447 g/mol. The lowest BCUT2D eigenvalue weighted by Gasteiger charge is -2.25. The van der Waals surface area contributed by atoms with Crippen LogP contribution in [-0.2, 0) is 17.6 Å². The number of nitrogens with zero attached hydrogens (tertiary/aromatic N) is 5. The maximum absolute atomic E-state index is 13.2. The molecule has 6 rings (SSSR count). The summed E-state index contributed by atoms with van der Waals surface area (Å²) in [7, 11) is 0. The zero-order chi connectivity index (χ0) is 24.2. The number of aromatic amines is 1. The van der Waals surface area contributed by atoms with Crippen LogP contribution < -0.4 is 15.5 Å². The Morgan fingerprint density at radius 3 is 2.83 bits per heavy atom. The van der Waals surface area contributed by atoms with Crippen LogP contribution in [0.25, 0.3) is 0 Å². The number of amides is 1. The second-order valence-corrected chi connectivity index (χ2v) is 10.3. The minimum atomic E-state index is -0.581. The number of carbonyl (C=O) groups is 1. The molecule has 1 saturated carbocycles. The summed E-state index contributed by atoms with van der Waals surface area (Å²) in [5, 5.41) is 13.8. The van der Waals surface area contributed by atoms with Crippen molar-refractivity contribution in [1.82, 2.24) is 25.1 Å². The number of rotatable bonds is 6. The van der Waals surface area contributed by atoms with E-state index in [0.29, 0.717) is 35.9 Å². The van der Waals surface area contributed by atoms with Crippen molar-refractivity contribution in [3.05, 3.63) is 47.3 Å². The van der Waals surface area contributed by atoms with E-state index in [1.54, 1.807) is 0 Å². The molecule has 2 aliphatic carbocycles. The van der Waals surface area contributed by atoms with Crippen LogP contribution in [0.3, 0.4) is 0 Å². The van der Waals surface area contributed by atoms with Crippen molar-refractivity contribution < 1.29 is 9.18 Å². The van der Waals surface area contributed by atoms with Crippen LogP contribution in [0, 0.1) is 11.4 Å². The minimum absolute atomic E-state index is 0.165. The first-order chi connectivity index (χ1) is 16.9. The van der Waals surface area contributed by atoms with Crippen molar-refractivity contribution in [3.8, 4) is 0 Å². The minimum Gasteiger partial charge on any atom is -0.329 e. The Balaban J connectivity index is 1.29. The van der Waals surface area contributed by atoms with Crippen LogP contribution >= 0.6 is 0 Å². The third-order valence-corrected chi connectivity index (χ3v) is 7.41. The molecule has 4 heterocycles. The van der Waals surface area contributed by atoms with E-state index >= 15 is 0 Å². The molecule has 3 aliphatic rings. The van der Waals surface area contributed by atoms with Gasteiger partial charge in [-0.15, -0.1) is 0 Å². The number of fused-ring (bicyclic) bond motifs is 1. The highest BCUT2D eigenvalue weighted by atomic mass is 19.1. The highest BCUT2D eigenvalue weighted by Crippen LogP contribution is 2.56. The molecule has 1 aliphatic heterocycles. The highest BCUT2D eigenvalue weighted by molar-refractivity contribution is 5.96. The Labute approximate surface area is 203 Å². The monoisotopic (exact) mass is 476 g/mol. The average Bonchev–Trinajstić information content (AvgIpc) is 3.21. The fourth-order valence-corrected chi connectivity index (χ4v) is 5.18. The normalized spacial score (nSPS) is 19.9. The van der Waals surface area contributed by atoms with Crippen LogP contribution in [0.15, 0.2) is 24.4 Å². The molecule has 9 nitrogen and oxygen atoms in total. The van der Waals surface area contributed by atoms with Gasteiger partial charge in [-0.1, -0.05) is 13.8 Å². The highest BCUT2D eigenvalue weighted by Gasteiger charge is 2.49. The van der Waals surface area contributed by atoms with E-state index in [9.17, 15) is 9.18 Å². The van der Waals surface area contributed by atoms with Crippen molar-refractivity contribution in [3.63, 3.8) is 0 Å². The maximum atomic E-state index is 13.2. The first-order valence-corrected chi connectivity index (χ1v) is 12.3. The van der Waals surface area contributed by atoms with E-state index in [4.69, 9.17) is 9.97 Å². The summed E-state index contributed by atoms with van der Waals surface area (Å²) in [4.78, 5) is 28.6. The van der Waals surface area contributed by atoms with Gasteiger partial charge in [0.2, 0.25) is 17.8 Å². The largest absolute Gasteiger partial charge is 0.329 e. The molecule has 3 aromatic heterocycles. The molecule has 1 spiro atoms. The summed E-state index contributed by atoms with van der Waals surface area (Å²) in [5.41, 5.74) is 4.10. The average molecular weight is 477 g/mol. The van der Waals surface area contributed by atoms with Gasteiger partial charge in [0.15, 0.2) is 5.82 Å². The lowest BCUT2D eigenvalue weighted by molar-refractivity contribution is -0.117. The van der Waals surface area contributed by atoms with E-state index in [0.717, 1.165) is 47.8 Å². The SMILES string of the molecule is CC(C)c1cc(Nc2nc(N3CCC[C@H]3C(=O)Nc3ccc(F)nc3)nc3c2CC2(CC2)C3)n[nH]1. The first kappa shape index (κ1) is 21.9. The summed E-state index contributed by atoms with van der Waals surface area (Å²) in [6, 6.07) is 4.36. The number of H-pyrrole nitrogens is 1. The zero-order valence-corrected chi connectivity index (χ0v) is 19.9. The molecule has 10 heteroatoms. The van der Waals surface area contributed by atoms with Crippen LogP contribution in [0.4, 0.5) is 27.7 Å². The third kappa shape index (κ3) is 4.21. The van der Waals surface area contributed by atoms with E-state index in [1.165, 1.54) is 31.2 Å². The number of aromatic nitrogens is 5. The van der Waals surface area contributed by atoms with Crippen LogP contribution in [0.1, 0.15) is 62.4 Å². The van der Waals surface area contributed by atoms with Crippen LogP contribution in [-0.4, -0.2) is 43.6 Å². The first-order valence-electron chi connectivity index (χ1n) is 12.3. The molecule has 0 radical (unpaired) electrons. The summed E-state index contributed by atoms with van der Waals surface area (Å²) in [6.07, 6.45) is 7.26. The van der Waals surface area contributed by atoms with Gasteiger partial charge >= 0.3 is 0 Å². The van der Waals surface area contributed by atoms with E-state index in [1.807, 2.05) is 11.0 Å². The Morgan fingerprint density at radius 2 is 2.11 bits per heavy atom. The Kier molecular flexibility index (Phi) is 5.19. The predicted molar refractivity (Wildman–Crippen MR) is 130 cm³/mol. The number of hydrogen-bond acceptors (Lipinski definition) is 7. The third-order valence-electron chi connectivity index (χ3n) is 7.41. The van der Waals surface area contributed by atoms with E-state index in [2.05, 4.69) is 39.7 Å². The summed E-state index contributed by atoms with van der Waals surface area (Å²) >= 11 is 0. The molecular formula is C25H29FN8O. The molecule has 1 amide bonds. The number of carbonyl (C=O) groups excluding carboxylic acids is 1. The summed E-state index contributed by atoms with van der Waals surface area (Å²) in [6.45, 7) is 4.94. The lowest BCUT2D eigenvalue weighted by Crippen LogP contribution is -2.40. The molecule has 0 unspecified atom stereocenters. The van der Waals surface area contributed by atoms with Crippen molar-refractivity contribution in [2.75, 3.05) is 22.1 Å². The molecule has 3 N–H and O–H groups in total. The van der Waals surface area contributed by atoms with Crippen LogP contribution in [0.2, 0.25) is 0 Å². The van der Waals surface area contributed by atoms with Crippen molar-refractivity contribution in [2.24, 2.45) is 5.41 Å². The van der Waals surface area contributed by atoms with Crippen molar-refractivity contribution in [2.45, 2.75) is 64.3 Å². The number of nitrogens with one attached hydrogen (secondary N) is 3. The molecule has 0 aromatic carbocycles. The number of pyridine rings is 1. The van der Waals surface area contributed by atoms with Gasteiger partial charge in [-0.2, -0.15) is 14.5 Å². The Hall–Kier alpha value is -3.56. The van der Waals surface area contributed by atoms with Crippen LogP contribution in [0.5, 0.6) is 0 Å². The van der Waals surface area contributed by atoms with Crippen molar-refractivity contribution in [1.29, 1.82) is 0 Å². The zero-order valence-electron chi connectivity index (χ0n) is 19.9. The fourth-order valence-electron chi connectivity index (χ4n) is 5.18. The van der Waals surface area contributed by atoms with Gasteiger partial charge in [0.1, 0.15) is 11.9 Å². The second kappa shape index (κ2) is 8.28. The van der Waals surface area contributed by atoms with Gasteiger partial charge < -0.3 is 15.5 Å². The van der Waals surface area contributed by atoms with E-state index < -0.39 is 12.0 Å². The Morgan fingerprint density at radius 1 is 1.26 bits per heavy atom. The maximum Gasteiger partial charge on any atom is 0.247 e. The predicted octanol–water partition coefficient (Wildman–Crippen LogP) is 4.09. The van der Waals surface area contributed by atoms with Gasteiger partial charge in [0, 0.05) is 23.9 Å². The number of halogens is 1. The molecule has 1 atom stereocenters. The van der Waals surface area contributed by atoms with Gasteiger partial charge in [-0.25, -0.2) is 9.97 Å². The number of hydrogen-bond donors (Lipinski definition) is 3. The van der Waals surface area contributed by atoms with Gasteiger partial charge in [0.05, 0.1) is 17.6 Å². The topological polar surface area (TPSA) is 112 Å². The molecule has 0 bridgehead atoms. The molecule has 1 saturated heterocycles. The molecule has 182 valence electrons. The second-order valence-electron chi connectivity index (χ2n) is 10.3. The van der Waals surface area contributed by atoms with Gasteiger partial charge in [-0.3, -0.25) is 9.89 Å². The lowest BCUT2D eigenvalue weighted by atomic mass is 10.0. The fraction of sp³-hybridized carbons (Fsp3) is 0.480. The Bertz CT molecular complexity index is 1270. The van der Waals surface area contributed by atoms with Gasteiger partial charge in [-0.05, 0) is 62.0 Å². The smallest absolute Gasteiger partial charge is 0.247 e. The van der Waals surface area contributed by atoms with Crippen molar-refractivity contribution >= 4 is 29.2 Å². The quantitative estimate of drug-likeness (QED) is 0.460. The summed E-state index contributed by atoms with van der Waals surface area (Å²) < 4.78 is 13.2. The van der Waals surface area contributed by atoms with E-state index in [-0.39, 0.29) is 5.91 Å². The summed E-state index contributed by atoms with van der Waals surface area (Å²) in [5.74, 6) is 1.68. The number of anilines is 4. The van der Waals surface area contributed by atoms with Gasteiger partial charge in [0.25, 0.3) is 0 Å².